The highest BCUT2D eigenvalue weighted by Crippen LogP contribution is 2.28. The van der Waals surface area contributed by atoms with Crippen molar-refractivity contribution in [3.63, 3.8) is 0 Å². The van der Waals surface area contributed by atoms with E-state index < -0.39 is 0 Å². The molecule has 4 rings (SSSR count). The number of rotatable bonds is 6. The van der Waals surface area contributed by atoms with E-state index in [1.165, 1.54) is 37.7 Å². The van der Waals surface area contributed by atoms with E-state index in [4.69, 9.17) is 9.47 Å². The molecule has 1 aliphatic carbocycles. The number of hydrogen-bond acceptors (Lipinski definition) is 3. The normalized spacial score (nSPS) is 12.0. The average Bonchev–Trinajstić information content (AvgIpc) is 3.02. The molecule has 1 aliphatic rings. The van der Waals surface area contributed by atoms with Crippen LogP contribution in [-0.2, 0) is 4.74 Å². The summed E-state index contributed by atoms with van der Waals surface area (Å²) in [5.74, 6) is 3.63. The summed E-state index contributed by atoms with van der Waals surface area (Å²) in [6.07, 6.45) is 9.16. The Labute approximate surface area is 260 Å². The number of allylic oxidation sites excluding steroid dienone is 2. The molecule has 3 heteroatoms. The van der Waals surface area contributed by atoms with Gasteiger partial charge in [0.25, 0.3) is 0 Å². The van der Waals surface area contributed by atoms with E-state index in [0.29, 0.717) is 6.10 Å². The first-order valence-electron chi connectivity index (χ1n) is 16.2. The van der Waals surface area contributed by atoms with Gasteiger partial charge in [0.2, 0.25) is 0 Å². The Kier molecular flexibility index (Phi) is 28.6. The highest BCUT2D eigenvalue weighted by Gasteiger charge is 2.13. The fraction of sp³-hybridized carbons (Fsp3) is 0.487. The lowest BCUT2D eigenvalue weighted by molar-refractivity contribution is 0.0833. The maximum atomic E-state index is 5.80. The van der Waals surface area contributed by atoms with Gasteiger partial charge >= 0.3 is 0 Å². The van der Waals surface area contributed by atoms with Crippen LogP contribution in [0.5, 0.6) is 11.5 Å². The van der Waals surface area contributed by atoms with Gasteiger partial charge in [0.05, 0.1) is 17.6 Å². The molecule has 1 saturated carbocycles. The minimum absolute atomic E-state index is 0.514. The Bertz CT molecular complexity index is 975. The molecule has 3 aromatic carbocycles. The van der Waals surface area contributed by atoms with Crippen molar-refractivity contribution in [2.24, 2.45) is 5.92 Å². The zero-order valence-corrected chi connectivity index (χ0v) is 28.9. The molecule has 0 aromatic heterocycles. The average molecular weight is 578 g/mol. The van der Waals surface area contributed by atoms with E-state index in [1.54, 1.807) is 0 Å². The molecule has 0 aliphatic heterocycles. The Morgan fingerprint density at radius 1 is 0.786 bits per heavy atom. The summed E-state index contributed by atoms with van der Waals surface area (Å²) in [7, 11) is 0. The third-order valence-corrected chi connectivity index (χ3v) is 5.48. The van der Waals surface area contributed by atoms with Crippen molar-refractivity contribution in [2.75, 3.05) is 11.9 Å². The quantitative estimate of drug-likeness (QED) is 0.296. The molecule has 42 heavy (non-hydrogen) atoms. The summed E-state index contributed by atoms with van der Waals surface area (Å²) in [6.45, 7) is 23.6. The molecule has 3 aromatic rings. The largest absolute Gasteiger partial charge is 0.495 e. The van der Waals surface area contributed by atoms with Crippen molar-refractivity contribution in [1.82, 2.24) is 0 Å². The van der Waals surface area contributed by atoms with Gasteiger partial charge in [-0.05, 0) is 89.6 Å². The summed E-state index contributed by atoms with van der Waals surface area (Å²) in [5, 5.41) is 3.27. The van der Waals surface area contributed by atoms with Crippen LogP contribution in [0.4, 0.5) is 5.69 Å². The van der Waals surface area contributed by atoms with Gasteiger partial charge < -0.3 is 14.8 Å². The Morgan fingerprint density at radius 3 is 1.71 bits per heavy atom. The van der Waals surface area contributed by atoms with Crippen LogP contribution in [0.25, 0.3) is 0 Å². The standard InChI is InChI=1S/C14H15NO.C10H18O.C7H8.C4H10.2C2H6/c1-2-15-13-10-6-7-11-14(13)16-12-8-4-3-5-9-12;1-3-9(2)11-10-7-5-4-6-8-10;1-7-5-3-2-4-6-7;1-4(2)3;2*1-2/h3-11,15H,2H2,1H3;3,10H,4-8H2,1-2H3;2-6H,1H3;4H,1-3H3;2*1-2H3/b;9-3+;;;;. The maximum absolute atomic E-state index is 5.80. The molecule has 0 radical (unpaired) electrons. The smallest absolute Gasteiger partial charge is 0.150 e. The first-order chi connectivity index (χ1) is 20.3. The lowest BCUT2D eigenvalue weighted by atomic mass is 9.98. The molecule has 0 amide bonds. The van der Waals surface area contributed by atoms with Crippen molar-refractivity contribution in [2.45, 2.75) is 114 Å². The van der Waals surface area contributed by atoms with Crippen LogP contribution in [0.3, 0.4) is 0 Å². The molecular formula is C39H63NO2. The van der Waals surface area contributed by atoms with Crippen LogP contribution in [0.2, 0.25) is 0 Å². The number of nitrogens with one attached hydrogen (secondary N) is 1. The topological polar surface area (TPSA) is 30.5 Å². The van der Waals surface area contributed by atoms with Gasteiger partial charge in [0.1, 0.15) is 5.75 Å². The SMILES string of the molecule is C/C=C(\C)OC1CCCCC1.CC.CC.CC(C)C.CCNc1ccccc1Oc1ccccc1.Cc1ccccc1. The molecule has 0 bridgehead atoms. The fourth-order valence-electron chi connectivity index (χ4n) is 3.56. The molecule has 0 saturated heterocycles. The van der Waals surface area contributed by atoms with Crippen LogP contribution >= 0.6 is 0 Å². The first kappa shape index (κ1) is 40.9. The Balaban J connectivity index is 0. The van der Waals surface area contributed by atoms with E-state index in [9.17, 15) is 0 Å². The molecule has 0 heterocycles. The molecule has 3 nitrogen and oxygen atoms in total. The molecule has 236 valence electrons. The van der Waals surface area contributed by atoms with E-state index in [1.807, 2.05) is 120 Å². The molecule has 1 fully saturated rings. The third-order valence-electron chi connectivity index (χ3n) is 5.48. The van der Waals surface area contributed by atoms with Crippen molar-refractivity contribution < 1.29 is 9.47 Å². The number of anilines is 1. The van der Waals surface area contributed by atoms with E-state index in [-0.39, 0.29) is 0 Å². The van der Waals surface area contributed by atoms with Gasteiger partial charge in [-0.15, -0.1) is 0 Å². The number of para-hydroxylation sites is 3. The van der Waals surface area contributed by atoms with Gasteiger partial charge in [0.15, 0.2) is 5.75 Å². The van der Waals surface area contributed by atoms with Crippen LogP contribution in [0.15, 0.2) is 96.8 Å². The van der Waals surface area contributed by atoms with Gasteiger partial charge in [-0.3, -0.25) is 0 Å². The molecule has 0 atom stereocenters. The fourth-order valence-corrected chi connectivity index (χ4v) is 3.56. The monoisotopic (exact) mass is 577 g/mol. The number of benzene rings is 3. The maximum Gasteiger partial charge on any atom is 0.150 e. The Hall–Kier alpha value is -3.20. The lowest BCUT2D eigenvalue weighted by Gasteiger charge is -2.23. The second-order valence-electron chi connectivity index (χ2n) is 10.1. The van der Waals surface area contributed by atoms with Crippen molar-refractivity contribution in [3.8, 4) is 11.5 Å². The number of aryl methyl sites for hydroxylation is 1. The van der Waals surface area contributed by atoms with Crippen LogP contribution in [0, 0.1) is 12.8 Å². The summed E-state index contributed by atoms with van der Waals surface area (Å²) < 4.78 is 11.5. The highest BCUT2D eigenvalue weighted by atomic mass is 16.5. The van der Waals surface area contributed by atoms with Crippen LogP contribution in [-0.4, -0.2) is 12.6 Å². The van der Waals surface area contributed by atoms with Crippen molar-refractivity contribution in [3.05, 3.63) is 102 Å². The summed E-state index contributed by atoms with van der Waals surface area (Å²) >= 11 is 0. The lowest BCUT2D eigenvalue weighted by Crippen LogP contribution is -2.15. The van der Waals surface area contributed by atoms with Gasteiger partial charge in [0, 0.05) is 6.54 Å². The minimum atomic E-state index is 0.514. The van der Waals surface area contributed by atoms with Gasteiger partial charge in [-0.2, -0.15) is 0 Å². The second-order valence-corrected chi connectivity index (χ2v) is 10.1. The summed E-state index contributed by atoms with van der Waals surface area (Å²) in [6, 6.07) is 28.0. The predicted molar refractivity (Wildman–Crippen MR) is 189 cm³/mol. The summed E-state index contributed by atoms with van der Waals surface area (Å²) in [5.41, 5.74) is 2.34. The third kappa shape index (κ3) is 23.5. The molecule has 0 spiro atoms. The van der Waals surface area contributed by atoms with E-state index in [2.05, 4.69) is 52.1 Å². The highest BCUT2D eigenvalue weighted by molar-refractivity contribution is 5.57. The summed E-state index contributed by atoms with van der Waals surface area (Å²) in [4.78, 5) is 0. The minimum Gasteiger partial charge on any atom is -0.495 e. The number of hydrogen-bond donors (Lipinski definition) is 1. The number of ether oxygens (including phenoxy) is 2. The second kappa shape index (κ2) is 29.3. The Morgan fingerprint density at radius 2 is 1.26 bits per heavy atom. The van der Waals surface area contributed by atoms with Crippen molar-refractivity contribution in [1.29, 1.82) is 0 Å². The molecule has 0 unspecified atom stereocenters. The van der Waals surface area contributed by atoms with Gasteiger partial charge in [-0.1, -0.05) is 121 Å². The van der Waals surface area contributed by atoms with Crippen LogP contribution in [0.1, 0.15) is 107 Å². The molecule has 1 N–H and O–H groups in total. The van der Waals surface area contributed by atoms with Crippen molar-refractivity contribution >= 4 is 5.69 Å². The van der Waals surface area contributed by atoms with Crippen LogP contribution < -0.4 is 10.1 Å². The molecular weight excluding hydrogens is 514 g/mol. The van der Waals surface area contributed by atoms with E-state index in [0.717, 1.165) is 35.4 Å². The zero-order valence-electron chi connectivity index (χ0n) is 28.9. The van der Waals surface area contributed by atoms with E-state index >= 15 is 0 Å². The first-order valence-corrected chi connectivity index (χ1v) is 16.2. The predicted octanol–water partition coefficient (Wildman–Crippen LogP) is 12.9. The zero-order chi connectivity index (χ0) is 32.0. The van der Waals surface area contributed by atoms with Gasteiger partial charge in [-0.25, -0.2) is 0 Å².